The van der Waals surface area contributed by atoms with Crippen molar-refractivity contribution in [3.8, 4) is 16.8 Å². The van der Waals surface area contributed by atoms with Gasteiger partial charge in [0.05, 0.1) is 30.0 Å². The van der Waals surface area contributed by atoms with Gasteiger partial charge in [0, 0.05) is 22.3 Å². The van der Waals surface area contributed by atoms with Crippen LogP contribution in [0.5, 0.6) is 0 Å². The monoisotopic (exact) mass is 452 g/mol. The van der Waals surface area contributed by atoms with Crippen molar-refractivity contribution in [3.05, 3.63) is 64.3 Å². The Balaban J connectivity index is 1.77. The number of benzene rings is 1. The Morgan fingerprint density at radius 1 is 1.17 bits per heavy atom. The maximum absolute atomic E-state index is 5.36. The van der Waals surface area contributed by atoms with E-state index in [4.69, 9.17) is 4.52 Å². The molecule has 3 aromatic heterocycles. The Labute approximate surface area is 177 Å². The molecule has 148 valence electrons. The highest BCUT2D eigenvalue weighted by Gasteiger charge is 2.17. The van der Waals surface area contributed by atoms with E-state index in [1.54, 1.807) is 23.3 Å². The molecule has 0 saturated heterocycles. The summed E-state index contributed by atoms with van der Waals surface area (Å²) in [4.78, 5) is 6.88. The molecule has 0 atom stereocenters. The Morgan fingerprint density at radius 2 is 2.00 bits per heavy atom. The smallest absolute Gasteiger partial charge is 0.141 e. The predicted molar refractivity (Wildman–Crippen MR) is 116 cm³/mol. The SMILES string of the molecule is CCN(c1cc(Br)c(-n2ccnn2)cn1)c1cc(-c2c(C)noc2C)ccc1C. The highest BCUT2D eigenvalue weighted by molar-refractivity contribution is 9.10. The van der Waals surface area contributed by atoms with E-state index < -0.39 is 0 Å². The number of hydrogen-bond acceptors (Lipinski definition) is 6. The van der Waals surface area contributed by atoms with Gasteiger partial charge in [-0.05, 0) is 66.9 Å². The second-order valence-electron chi connectivity index (χ2n) is 6.79. The average molecular weight is 453 g/mol. The second kappa shape index (κ2) is 7.79. The van der Waals surface area contributed by atoms with Gasteiger partial charge in [-0.25, -0.2) is 9.67 Å². The summed E-state index contributed by atoms with van der Waals surface area (Å²) in [6.45, 7) is 8.89. The molecular formula is C21H21BrN6O. The zero-order chi connectivity index (χ0) is 20.5. The molecule has 8 heteroatoms. The number of rotatable bonds is 5. The second-order valence-corrected chi connectivity index (χ2v) is 7.64. The van der Waals surface area contributed by atoms with Gasteiger partial charge in [0.15, 0.2) is 0 Å². The lowest BCUT2D eigenvalue weighted by atomic mass is 10.0. The Kier molecular flexibility index (Phi) is 5.19. The normalized spacial score (nSPS) is 11.1. The minimum atomic E-state index is 0.772. The summed E-state index contributed by atoms with van der Waals surface area (Å²) in [6.07, 6.45) is 5.22. The molecular weight excluding hydrogens is 432 g/mol. The van der Waals surface area contributed by atoms with Crippen LogP contribution in [0.3, 0.4) is 0 Å². The maximum Gasteiger partial charge on any atom is 0.141 e. The zero-order valence-electron chi connectivity index (χ0n) is 16.7. The molecule has 0 fully saturated rings. The zero-order valence-corrected chi connectivity index (χ0v) is 18.3. The van der Waals surface area contributed by atoms with E-state index in [-0.39, 0.29) is 0 Å². The minimum absolute atomic E-state index is 0.772. The van der Waals surface area contributed by atoms with Gasteiger partial charge >= 0.3 is 0 Å². The predicted octanol–water partition coefficient (Wildman–Crippen LogP) is 5.16. The molecule has 3 heterocycles. The fraction of sp³-hybridized carbons (Fsp3) is 0.238. The first kappa shape index (κ1) is 19.3. The molecule has 0 radical (unpaired) electrons. The van der Waals surface area contributed by atoms with Gasteiger partial charge in [-0.15, -0.1) is 5.10 Å². The van der Waals surface area contributed by atoms with Crippen molar-refractivity contribution in [2.24, 2.45) is 0 Å². The van der Waals surface area contributed by atoms with Gasteiger partial charge in [-0.2, -0.15) is 0 Å². The van der Waals surface area contributed by atoms with Crippen LogP contribution < -0.4 is 4.90 Å². The molecule has 29 heavy (non-hydrogen) atoms. The highest BCUT2D eigenvalue weighted by Crippen LogP contribution is 2.35. The first-order valence-electron chi connectivity index (χ1n) is 9.33. The Morgan fingerprint density at radius 3 is 2.62 bits per heavy atom. The van der Waals surface area contributed by atoms with Crippen molar-refractivity contribution in [2.75, 3.05) is 11.4 Å². The van der Waals surface area contributed by atoms with Gasteiger partial charge in [-0.3, -0.25) is 0 Å². The van der Waals surface area contributed by atoms with Crippen molar-refractivity contribution in [1.82, 2.24) is 25.1 Å². The molecule has 0 aliphatic heterocycles. The molecule has 1 aromatic carbocycles. The fourth-order valence-corrected chi connectivity index (χ4v) is 3.96. The van der Waals surface area contributed by atoms with E-state index in [0.29, 0.717) is 0 Å². The molecule has 0 saturated carbocycles. The summed E-state index contributed by atoms with van der Waals surface area (Å²) >= 11 is 3.65. The molecule has 4 aromatic rings. The third kappa shape index (κ3) is 3.55. The molecule has 0 unspecified atom stereocenters. The van der Waals surface area contributed by atoms with E-state index in [2.05, 4.69) is 73.3 Å². The minimum Gasteiger partial charge on any atom is -0.361 e. The van der Waals surface area contributed by atoms with E-state index in [1.165, 1.54) is 5.56 Å². The summed E-state index contributed by atoms with van der Waals surface area (Å²) in [5.74, 6) is 1.67. The van der Waals surface area contributed by atoms with Crippen molar-refractivity contribution in [3.63, 3.8) is 0 Å². The van der Waals surface area contributed by atoms with Crippen LogP contribution in [0.15, 0.2) is 51.9 Å². The van der Waals surface area contributed by atoms with Crippen molar-refractivity contribution in [1.29, 1.82) is 0 Å². The number of hydrogen-bond donors (Lipinski definition) is 0. The number of aryl methyl sites for hydroxylation is 3. The van der Waals surface area contributed by atoms with Crippen LogP contribution in [-0.4, -0.2) is 31.7 Å². The van der Waals surface area contributed by atoms with Gasteiger partial charge in [0.1, 0.15) is 11.6 Å². The van der Waals surface area contributed by atoms with Crippen LogP contribution in [-0.2, 0) is 0 Å². The molecule has 0 amide bonds. The molecule has 0 spiro atoms. The fourth-order valence-electron chi connectivity index (χ4n) is 3.47. The van der Waals surface area contributed by atoms with Gasteiger partial charge in [0.2, 0.25) is 0 Å². The number of aromatic nitrogens is 5. The Bertz CT molecular complexity index is 1130. The summed E-state index contributed by atoms with van der Waals surface area (Å²) in [5.41, 5.74) is 6.11. The third-order valence-corrected chi connectivity index (χ3v) is 5.54. The topological polar surface area (TPSA) is 72.9 Å². The Hall–Kier alpha value is -3.00. The van der Waals surface area contributed by atoms with Crippen molar-refractivity contribution < 1.29 is 4.52 Å². The molecule has 7 nitrogen and oxygen atoms in total. The number of halogens is 1. The molecule has 0 N–H and O–H groups in total. The summed E-state index contributed by atoms with van der Waals surface area (Å²) < 4.78 is 7.94. The van der Waals surface area contributed by atoms with E-state index in [0.717, 1.165) is 50.8 Å². The molecule has 4 rings (SSSR count). The van der Waals surface area contributed by atoms with Crippen LogP contribution in [0.25, 0.3) is 16.8 Å². The first-order chi connectivity index (χ1) is 14.0. The van der Waals surface area contributed by atoms with Crippen LogP contribution in [0.2, 0.25) is 0 Å². The lowest BCUT2D eigenvalue weighted by Gasteiger charge is -2.25. The maximum atomic E-state index is 5.36. The largest absolute Gasteiger partial charge is 0.361 e. The molecule has 0 aliphatic carbocycles. The van der Waals surface area contributed by atoms with Gasteiger partial charge in [-0.1, -0.05) is 22.5 Å². The number of anilines is 2. The quantitative estimate of drug-likeness (QED) is 0.416. The van der Waals surface area contributed by atoms with E-state index in [9.17, 15) is 0 Å². The summed E-state index contributed by atoms with van der Waals surface area (Å²) in [7, 11) is 0. The molecule has 0 bridgehead atoms. The number of pyridine rings is 1. The van der Waals surface area contributed by atoms with E-state index >= 15 is 0 Å². The first-order valence-corrected chi connectivity index (χ1v) is 10.1. The average Bonchev–Trinajstić information content (AvgIpc) is 3.34. The lowest BCUT2D eigenvalue weighted by molar-refractivity contribution is 0.393. The van der Waals surface area contributed by atoms with Crippen molar-refractivity contribution >= 4 is 27.4 Å². The van der Waals surface area contributed by atoms with Crippen LogP contribution in [0, 0.1) is 20.8 Å². The van der Waals surface area contributed by atoms with E-state index in [1.807, 2.05) is 19.9 Å². The molecule has 0 aliphatic rings. The van der Waals surface area contributed by atoms with Gasteiger partial charge in [0.25, 0.3) is 0 Å². The number of nitrogens with zero attached hydrogens (tertiary/aromatic N) is 6. The highest BCUT2D eigenvalue weighted by atomic mass is 79.9. The summed E-state index contributed by atoms with van der Waals surface area (Å²) in [5, 5.41) is 12.0. The van der Waals surface area contributed by atoms with Gasteiger partial charge < -0.3 is 9.42 Å². The summed E-state index contributed by atoms with van der Waals surface area (Å²) in [6, 6.07) is 8.41. The van der Waals surface area contributed by atoms with Crippen molar-refractivity contribution in [2.45, 2.75) is 27.7 Å². The lowest BCUT2D eigenvalue weighted by Crippen LogP contribution is -2.19. The van der Waals surface area contributed by atoms with Crippen LogP contribution >= 0.6 is 15.9 Å². The van der Waals surface area contributed by atoms with Crippen LogP contribution in [0.4, 0.5) is 11.5 Å². The standard InChI is InChI=1S/C21H21BrN6O/c1-5-27(20-11-17(22)19(12-23-20)28-9-8-24-26-28)18-10-16(7-6-13(18)2)21-14(3)25-29-15(21)4/h6-12H,5H2,1-4H3. The van der Waals surface area contributed by atoms with Crippen LogP contribution in [0.1, 0.15) is 23.9 Å². The third-order valence-electron chi connectivity index (χ3n) is 4.90.